The summed E-state index contributed by atoms with van der Waals surface area (Å²) >= 11 is 0. The van der Waals surface area contributed by atoms with Gasteiger partial charge in [0, 0.05) is 13.2 Å². The highest BCUT2D eigenvalue weighted by Gasteiger charge is 2.52. The van der Waals surface area contributed by atoms with Crippen LogP contribution < -0.4 is 10.2 Å². The topological polar surface area (TPSA) is 102 Å². The Bertz CT molecular complexity index is 719. The van der Waals surface area contributed by atoms with Gasteiger partial charge in [-0.1, -0.05) is 6.42 Å². The van der Waals surface area contributed by atoms with Gasteiger partial charge in [-0.3, -0.25) is 10.0 Å². The van der Waals surface area contributed by atoms with Gasteiger partial charge < -0.3 is 9.47 Å². The second-order valence-corrected chi connectivity index (χ2v) is 9.16. The molecule has 1 aliphatic carbocycles. The molecule has 0 spiro atoms. The second kappa shape index (κ2) is 7.94. The minimum Gasteiger partial charge on any atom is -0.490 e. The first-order valence-electron chi connectivity index (χ1n) is 9.03. The molecule has 1 aromatic carbocycles. The van der Waals surface area contributed by atoms with E-state index in [9.17, 15) is 13.2 Å². The van der Waals surface area contributed by atoms with Crippen molar-refractivity contribution in [2.45, 2.75) is 60.7 Å². The van der Waals surface area contributed by atoms with Crippen LogP contribution in [0.3, 0.4) is 0 Å². The van der Waals surface area contributed by atoms with Crippen LogP contribution in [0.4, 0.5) is 0 Å². The molecular weight excluding hydrogens is 358 g/mol. The third-order valence-corrected chi connectivity index (χ3v) is 7.83. The second-order valence-electron chi connectivity index (χ2n) is 6.90. The summed E-state index contributed by atoms with van der Waals surface area (Å²) in [7, 11) is -3.99. The molecule has 0 bridgehead atoms. The quantitative estimate of drug-likeness (QED) is 0.597. The molecule has 2 N–H and O–H groups in total. The van der Waals surface area contributed by atoms with Crippen LogP contribution in [0.15, 0.2) is 29.2 Å². The van der Waals surface area contributed by atoms with Gasteiger partial charge in [-0.2, -0.15) is 0 Å². The summed E-state index contributed by atoms with van der Waals surface area (Å²) in [6.07, 6.45) is 5.74. The molecule has 1 heterocycles. The van der Waals surface area contributed by atoms with Crippen molar-refractivity contribution in [1.82, 2.24) is 5.48 Å². The number of carbonyl (C=O) groups excluding carboxylic acids is 1. The number of hydrogen-bond acceptors (Lipinski definition) is 6. The fraction of sp³-hybridized carbons (Fsp3) is 0.611. The summed E-state index contributed by atoms with van der Waals surface area (Å²) in [5.41, 5.74) is 1.52. The van der Waals surface area contributed by atoms with E-state index in [4.69, 9.17) is 14.7 Å². The molecule has 0 unspecified atom stereocenters. The molecule has 2 aliphatic rings. The molecule has 3 rings (SSSR count). The van der Waals surface area contributed by atoms with Crippen LogP contribution in [0.2, 0.25) is 0 Å². The average Bonchev–Trinajstić information content (AvgIpc) is 2.69. The van der Waals surface area contributed by atoms with E-state index in [-0.39, 0.29) is 37.1 Å². The van der Waals surface area contributed by atoms with Crippen molar-refractivity contribution in [1.29, 1.82) is 0 Å². The Morgan fingerprint density at radius 3 is 2.31 bits per heavy atom. The number of carbonyl (C=O) groups is 1. The minimum absolute atomic E-state index is 0.00204. The predicted molar refractivity (Wildman–Crippen MR) is 93.8 cm³/mol. The Hall–Kier alpha value is -1.64. The Morgan fingerprint density at radius 2 is 1.73 bits per heavy atom. The van der Waals surface area contributed by atoms with Gasteiger partial charge in [-0.25, -0.2) is 13.9 Å². The smallest absolute Gasteiger partial charge is 0.265 e. The van der Waals surface area contributed by atoms with Crippen molar-refractivity contribution in [3.63, 3.8) is 0 Å². The summed E-state index contributed by atoms with van der Waals surface area (Å²) in [5.74, 6) is -0.285. The van der Waals surface area contributed by atoms with Crippen LogP contribution in [0.1, 0.15) is 44.9 Å². The zero-order chi connectivity index (χ0) is 18.6. The van der Waals surface area contributed by atoms with Crippen molar-refractivity contribution < 1.29 is 27.9 Å². The fourth-order valence-corrected chi connectivity index (χ4v) is 5.66. The number of rotatable bonds is 5. The third kappa shape index (κ3) is 3.58. The van der Waals surface area contributed by atoms with E-state index >= 15 is 0 Å². The zero-order valence-corrected chi connectivity index (χ0v) is 15.5. The van der Waals surface area contributed by atoms with Gasteiger partial charge in [-0.05, 0) is 62.8 Å². The van der Waals surface area contributed by atoms with Crippen LogP contribution in [-0.2, 0) is 19.4 Å². The molecule has 1 saturated heterocycles. The van der Waals surface area contributed by atoms with Gasteiger partial charge in [0.15, 0.2) is 14.6 Å². The molecule has 1 aliphatic heterocycles. The number of hydrogen-bond donors (Lipinski definition) is 2. The summed E-state index contributed by atoms with van der Waals surface area (Å²) in [5, 5.41) is 9.06. The normalized spacial score (nSPS) is 21.1. The molecule has 0 aromatic heterocycles. The molecule has 1 aromatic rings. The molecule has 7 nitrogen and oxygen atoms in total. The van der Waals surface area contributed by atoms with E-state index in [1.54, 1.807) is 12.1 Å². The number of ether oxygens (including phenoxy) is 2. The Balaban J connectivity index is 1.82. The average molecular weight is 383 g/mol. The van der Waals surface area contributed by atoms with Gasteiger partial charge in [0.1, 0.15) is 5.75 Å². The number of nitrogens with one attached hydrogen (secondary N) is 1. The van der Waals surface area contributed by atoms with Gasteiger partial charge in [0.2, 0.25) is 0 Å². The first-order chi connectivity index (χ1) is 12.5. The molecule has 144 valence electrons. The highest BCUT2D eigenvalue weighted by atomic mass is 32.2. The summed E-state index contributed by atoms with van der Waals surface area (Å²) < 4.78 is 35.7. The lowest BCUT2D eigenvalue weighted by Gasteiger charge is -2.34. The Morgan fingerprint density at radius 1 is 1.12 bits per heavy atom. The van der Waals surface area contributed by atoms with E-state index in [2.05, 4.69) is 0 Å². The van der Waals surface area contributed by atoms with Crippen LogP contribution in [0.5, 0.6) is 5.75 Å². The highest BCUT2D eigenvalue weighted by molar-refractivity contribution is 7.93. The largest absolute Gasteiger partial charge is 0.490 e. The first kappa shape index (κ1) is 19.1. The van der Waals surface area contributed by atoms with E-state index < -0.39 is 20.5 Å². The van der Waals surface area contributed by atoms with E-state index in [1.165, 1.54) is 24.0 Å². The summed E-state index contributed by atoms with van der Waals surface area (Å²) in [6, 6.07) is 6.20. The predicted octanol–water partition coefficient (Wildman–Crippen LogP) is 2.23. The lowest BCUT2D eigenvalue weighted by Crippen LogP contribution is -2.54. The highest BCUT2D eigenvalue weighted by Crippen LogP contribution is 2.36. The van der Waals surface area contributed by atoms with Crippen molar-refractivity contribution in [3.8, 4) is 5.75 Å². The summed E-state index contributed by atoms with van der Waals surface area (Å²) in [6.45, 7) is 0.297. The number of benzene rings is 1. The van der Waals surface area contributed by atoms with Gasteiger partial charge >= 0.3 is 0 Å². The monoisotopic (exact) mass is 383 g/mol. The van der Waals surface area contributed by atoms with Gasteiger partial charge in [-0.15, -0.1) is 0 Å². The first-order valence-corrected chi connectivity index (χ1v) is 10.5. The third-order valence-electron chi connectivity index (χ3n) is 5.32. The minimum atomic E-state index is -3.99. The Labute approximate surface area is 153 Å². The van der Waals surface area contributed by atoms with E-state index in [0.29, 0.717) is 5.75 Å². The van der Waals surface area contributed by atoms with E-state index in [0.717, 1.165) is 25.7 Å². The number of sulfone groups is 1. The van der Waals surface area contributed by atoms with Crippen LogP contribution in [-0.4, -0.2) is 43.6 Å². The lowest BCUT2D eigenvalue weighted by atomic mass is 9.98. The molecule has 0 atom stereocenters. The SMILES string of the molecule is O=C(NO)C1(S(=O)(=O)c2ccc(OC3CCCCC3)cc2)CCOCC1. The molecule has 1 amide bonds. The summed E-state index contributed by atoms with van der Waals surface area (Å²) in [4.78, 5) is 12.3. The van der Waals surface area contributed by atoms with Crippen LogP contribution >= 0.6 is 0 Å². The number of hydroxylamine groups is 1. The molecule has 8 heteroatoms. The number of amides is 1. The molecular formula is C18H25NO6S. The van der Waals surface area contributed by atoms with Crippen LogP contribution in [0, 0.1) is 0 Å². The van der Waals surface area contributed by atoms with Gasteiger partial charge in [0.05, 0.1) is 11.0 Å². The molecule has 1 saturated carbocycles. The van der Waals surface area contributed by atoms with Crippen molar-refractivity contribution in [2.75, 3.05) is 13.2 Å². The van der Waals surface area contributed by atoms with Crippen molar-refractivity contribution in [3.05, 3.63) is 24.3 Å². The fourth-order valence-electron chi connectivity index (χ4n) is 3.72. The molecule has 2 fully saturated rings. The zero-order valence-electron chi connectivity index (χ0n) is 14.6. The maximum atomic E-state index is 13.1. The van der Waals surface area contributed by atoms with Crippen molar-refractivity contribution in [2.24, 2.45) is 0 Å². The van der Waals surface area contributed by atoms with Gasteiger partial charge in [0.25, 0.3) is 5.91 Å². The standard InChI is InChI=1S/C18H25NO6S/c20-17(19-21)18(10-12-24-13-11-18)26(22,23)16-8-6-15(7-9-16)25-14-4-2-1-3-5-14/h6-9,14,21H,1-5,10-13H2,(H,19,20). The van der Waals surface area contributed by atoms with Crippen LogP contribution in [0.25, 0.3) is 0 Å². The molecule has 26 heavy (non-hydrogen) atoms. The van der Waals surface area contributed by atoms with E-state index in [1.807, 2.05) is 0 Å². The Kier molecular flexibility index (Phi) is 5.84. The van der Waals surface area contributed by atoms with Crippen molar-refractivity contribution >= 4 is 15.7 Å². The maximum absolute atomic E-state index is 13.1. The maximum Gasteiger partial charge on any atom is 0.265 e. The lowest BCUT2D eigenvalue weighted by molar-refractivity contribution is -0.134. The molecule has 0 radical (unpaired) electrons.